The lowest BCUT2D eigenvalue weighted by atomic mass is 10.0. The SMILES string of the molecule is COCC(=O)Nc1ccc(N2C(=S)N[C@@H](c3ccccn3)[C@H]2c2ccc(-c3cccc(C(=O)O)c3)o2)cc1Cl. The fourth-order valence-electron chi connectivity index (χ4n) is 4.47. The first-order chi connectivity index (χ1) is 18.9. The molecule has 0 radical (unpaired) electrons. The molecule has 3 heterocycles. The van der Waals surface area contributed by atoms with Gasteiger partial charge in [0, 0.05) is 24.6 Å². The highest BCUT2D eigenvalue weighted by Crippen LogP contribution is 2.44. The lowest BCUT2D eigenvalue weighted by molar-refractivity contribution is -0.119. The Morgan fingerprint density at radius 3 is 2.72 bits per heavy atom. The number of carbonyl (C=O) groups is 2. The standard InChI is InChI=1S/C28H23ClN4O5S/c1-37-15-24(34)31-20-9-8-18(14-19(20)29)33-26(25(32-28(33)39)21-7-2-3-12-30-21)23-11-10-22(38-23)16-5-4-6-17(13-16)27(35)36/h2-14,25-26H,15H2,1H3,(H,31,34)(H,32,39)(H,35,36)/t25-,26+/m0/s1. The van der Waals surface area contributed by atoms with Crippen molar-refractivity contribution in [1.82, 2.24) is 10.3 Å². The Hall–Kier alpha value is -4.25. The molecule has 0 spiro atoms. The summed E-state index contributed by atoms with van der Waals surface area (Å²) in [5, 5.41) is 16.2. The molecule has 1 aliphatic heterocycles. The van der Waals surface area contributed by atoms with Gasteiger partial charge in [0.2, 0.25) is 5.91 Å². The minimum absolute atomic E-state index is 0.0950. The van der Waals surface area contributed by atoms with E-state index < -0.39 is 12.0 Å². The third-order valence-electron chi connectivity index (χ3n) is 6.19. The lowest BCUT2D eigenvalue weighted by Gasteiger charge is -2.26. The number of hydrogen-bond donors (Lipinski definition) is 3. The summed E-state index contributed by atoms with van der Waals surface area (Å²) in [6, 6.07) is 20.2. The van der Waals surface area contributed by atoms with E-state index in [-0.39, 0.29) is 24.1 Å². The largest absolute Gasteiger partial charge is 0.478 e. The fraction of sp³-hybridized carbons (Fsp3) is 0.143. The Kier molecular flexibility index (Phi) is 7.60. The highest BCUT2D eigenvalue weighted by Gasteiger charge is 2.42. The van der Waals surface area contributed by atoms with Crippen molar-refractivity contribution in [3.8, 4) is 11.3 Å². The van der Waals surface area contributed by atoms with Crippen LogP contribution in [-0.4, -0.2) is 40.8 Å². The normalized spacial score (nSPS) is 16.7. The molecule has 1 fully saturated rings. The molecular formula is C28H23ClN4O5S. The van der Waals surface area contributed by atoms with Gasteiger partial charge < -0.3 is 29.8 Å². The monoisotopic (exact) mass is 562 g/mol. The van der Waals surface area contributed by atoms with Crippen molar-refractivity contribution >= 4 is 52.2 Å². The predicted molar refractivity (Wildman–Crippen MR) is 151 cm³/mol. The summed E-state index contributed by atoms with van der Waals surface area (Å²) in [5.74, 6) is -0.245. The highest BCUT2D eigenvalue weighted by atomic mass is 35.5. The van der Waals surface area contributed by atoms with Crippen LogP contribution in [0.25, 0.3) is 11.3 Å². The van der Waals surface area contributed by atoms with Gasteiger partial charge in [-0.1, -0.05) is 29.8 Å². The molecule has 3 N–H and O–H groups in total. The van der Waals surface area contributed by atoms with E-state index in [9.17, 15) is 14.7 Å². The maximum Gasteiger partial charge on any atom is 0.335 e. The summed E-state index contributed by atoms with van der Waals surface area (Å²) in [7, 11) is 1.44. The number of carboxylic acid groups (broad SMARTS) is 1. The van der Waals surface area contributed by atoms with E-state index in [1.54, 1.807) is 48.7 Å². The molecule has 0 bridgehead atoms. The van der Waals surface area contributed by atoms with Crippen molar-refractivity contribution in [2.24, 2.45) is 0 Å². The first-order valence-corrected chi connectivity index (χ1v) is 12.7. The van der Waals surface area contributed by atoms with Crippen molar-refractivity contribution in [1.29, 1.82) is 0 Å². The van der Waals surface area contributed by atoms with Gasteiger partial charge in [-0.25, -0.2) is 4.79 Å². The minimum Gasteiger partial charge on any atom is -0.478 e. The maximum absolute atomic E-state index is 12.0. The molecule has 11 heteroatoms. The van der Waals surface area contributed by atoms with Crippen LogP contribution in [0.2, 0.25) is 5.02 Å². The Bertz CT molecular complexity index is 1540. The van der Waals surface area contributed by atoms with Crippen LogP contribution in [0.1, 0.15) is 33.9 Å². The average Bonchev–Trinajstić information content (AvgIpc) is 3.55. The number of aromatic carboxylic acids is 1. The quantitative estimate of drug-likeness (QED) is 0.241. The number of nitrogens with one attached hydrogen (secondary N) is 2. The van der Waals surface area contributed by atoms with Crippen molar-refractivity contribution in [2.45, 2.75) is 12.1 Å². The van der Waals surface area contributed by atoms with Crippen LogP contribution in [0.5, 0.6) is 0 Å². The van der Waals surface area contributed by atoms with E-state index in [2.05, 4.69) is 15.6 Å². The van der Waals surface area contributed by atoms with Crippen molar-refractivity contribution < 1.29 is 23.8 Å². The number of hydrogen-bond acceptors (Lipinski definition) is 6. The van der Waals surface area contributed by atoms with Crippen LogP contribution in [0.15, 0.2) is 83.4 Å². The number of pyridine rings is 1. The molecule has 0 saturated carbocycles. The van der Waals surface area contributed by atoms with Crippen LogP contribution in [0.4, 0.5) is 11.4 Å². The first kappa shape index (κ1) is 26.4. The fourth-order valence-corrected chi connectivity index (χ4v) is 5.03. The number of carboxylic acids is 1. The maximum atomic E-state index is 12.0. The second-order valence-electron chi connectivity index (χ2n) is 8.73. The van der Waals surface area contributed by atoms with E-state index in [4.69, 9.17) is 33.0 Å². The molecule has 2 atom stereocenters. The van der Waals surface area contributed by atoms with E-state index in [0.29, 0.717) is 38.6 Å². The zero-order valence-electron chi connectivity index (χ0n) is 20.6. The molecule has 5 rings (SSSR count). The Balaban J connectivity index is 1.54. The number of thiocarbonyl (C=S) groups is 1. The van der Waals surface area contributed by atoms with Gasteiger partial charge in [-0.15, -0.1) is 0 Å². The van der Waals surface area contributed by atoms with Gasteiger partial charge in [0.05, 0.1) is 28.0 Å². The smallest absolute Gasteiger partial charge is 0.335 e. The highest BCUT2D eigenvalue weighted by molar-refractivity contribution is 7.80. The summed E-state index contributed by atoms with van der Waals surface area (Å²) >= 11 is 12.3. The molecule has 2 aromatic carbocycles. The van der Waals surface area contributed by atoms with E-state index in [1.165, 1.54) is 13.2 Å². The molecule has 4 aromatic rings. The molecule has 1 amide bonds. The van der Waals surface area contributed by atoms with Crippen LogP contribution < -0.4 is 15.5 Å². The Labute approximate surface area is 234 Å². The molecule has 2 aromatic heterocycles. The van der Waals surface area contributed by atoms with Crippen LogP contribution in [0, 0.1) is 0 Å². The van der Waals surface area contributed by atoms with Gasteiger partial charge in [-0.3, -0.25) is 9.78 Å². The number of benzene rings is 2. The Morgan fingerprint density at radius 2 is 2.00 bits per heavy atom. The molecular weight excluding hydrogens is 540 g/mol. The van der Waals surface area contributed by atoms with Gasteiger partial charge in [-0.05, 0) is 66.8 Å². The third-order valence-corrected chi connectivity index (χ3v) is 6.82. The minimum atomic E-state index is -1.02. The number of rotatable bonds is 8. The molecule has 198 valence electrons. The van der Waals surface area contributed by atoms with Crippen molar-refractivity contribution in [3.05, 3.63) is 101 Å². The van der Waals surface area contributed by atoms with Gasteiger partial charge in [0.1, 0.15) is 24.2 Å². The predicted octanol–water partition coefficient (Wildman–Crippen LogP) is 5.46. The molecule has 1 saturated heterocycles. The number of nitrogens with zero attached hydrogens (tertiary/aromatic N) is 2. The second-order valence-corrected chi connectivity index (χ2v) is 9.52. The zero-order chi connectivity index (χ0) is 27.5. The van der Waals surface area contributed by atoms with Crippen LogP contribution >= 0.6 is 23.8 Å². The van der Waals surface area contributed by atoms with Crippen LogP contribution in [-0.2, 0) is 9.53 Å². The zero-order valence-corrected chi connectivity index (χ0v) is 22.2. The van der Waals surface area contributed by atoms with Gasteiger partial charge in [-0.2, -0.15) is 0 Å². The molecule has 0 aliphatic carbocycles. The summed E-state index contributed by atoms with van der Waals surface area (Å²) < 4.78 is 11.2. The topological polar surface area (TPSA) is 117 Å². The summed E-state index contributed by atoms with van der Waals surface area (Å²) in [4.78, 5) is 29.9. The van der Waals surface area contributed by atoms with Crippen molar-refractivity contribution in [3.63, 3.8) is 0 Å². The van der Waals surface area contributed by atoms with E-state index in [0.717, 1.165) is 5.69 Å². The Morgan fingerprint density at radius 1 is 1.15 bits per heavy atom. The van der Waals surface area contributed by atoms with Gasteiger partial charge in [0.15, 0.2) is 5.11 Å². The molecule has 9 nitrogen and oxygen atoms in total. The lowest BCUT2D eigenvalue weighted by Crippen LogP contribution is -2.29. The van der Waals surface area contributed by atoms with E-state index in [1.807, 2.05) is 29.2 Å². The molecule has 0 unspecified atom stereocenters. The second kappa shape index (κ2) is 11.2. The number of furan rings is 1. The molecule has 39 heavy (non-hydrogen) atoms. The average molecular weight is 563 g/mol. The summed E-state index contributed by atoms with van der Waals surface area (Å²) in [6.07, 6.45) is 1.71. The third kappa shape index (κ3) is 5.49. The summed E-state index contributed by atoms with van der Waals surface area (Å²) in [5.41, 5.74) is 2.67. The first-order valence-electron chi connectivity index (χ1n) is 11.9. The van der Waals surface area contributed by atoms with E-state index >= 15 is 0 Å². The van der Waals surface area contributed by atoms with Crippen molar-refractivity contribution in [2.75, 3.05) is 23.9 Å². The summed E-state index contributed by atoms with van der Waals surface area (Å²) in [6.45, 7) is -0.0950. The number of halogens is 1. The number of amides is 1. The van der Waals surface area contributed by atoms with Gasteiger partial charge in [0.25, 0.3) is 0 Å². The number of anilines is 2. The molecule has 1 aliphatic rings. The number of carbonyl (C=O) groups excluding carboxylic acids is 1. The number of aromatic nitrogens is 1. The number of ether oxygens (including phenoxy) is 1. The van der Waals surface area contributed by atoms with Crippen LogP contribution in [0.3, 0.4) is 0 Å². The van der Waals surface area contributed by atoms with Gasteiger partial charge >= 0.3 is 5.97 Å². The number of methoxy groups -OCH3 is 1.